The third kappa shape index (κ3) is 2.87. The van der Waals surface area contributed by atoms with Gasteiger partial charge in [-0.05, 0) is 18.2 Å². The van der Waals surface area contributed by atoms with Crippen LogP contribution in [0.2, 0.25) is 0 Å². The normalized spacial score (nSPS) is 12.3. The van der Waals surface area contributed by atoms with E-state index in [1.54, 1.807) is 41.5 Å². The molecule has 3 rings (SSSR count). The number of hydrogen-bond donors (Lipinski definition) is 1. The van der Waals surface area contributed by atoms with Gasteiger partial charge in [-0.25, -0.2) is 13.8 Å². The molecule has 1 aromatic carbocycles. The van der Waals surface area contributed by atoms with Crippen LogP contribution in [0.1, 0.15) is 11.7 Å². The number of rotatable bonds is 4. The zero-order valence-electron chi connectivity index (χ0n) is 11.5. The molecule has 0 fully saturated rings. The van der Waals surface area contributed by atoms with Crippen molar-refractivity contribution in [3.05, 3.63) is 72.3 Å². The molecule has 3 aromatic rings. The fourth-order valence-electron chi connectivity index (χ4n) is 2.27. The maximum absolute atomic E-state index is 13.7. The molecule has 6 heteroatoms. The first-order valence-electron chi connectivity index (χ1n) is 6.69. The van der Waals surface area contributed by atoms with Gasteiger partial charge in [0.15, 0.2) is 0 Å². The molecule has 2 aromatic heterocycles. The van der Waals surface area contributed by atoms with Crippen LogP contribution >= 0.6 is 0 Å². The largest absolute Gasteiger partial charge is 0.386 e. The van der Waals surface area contributed by atoms with Gasteiger partial charge in [0.25, 0.3) is 0 Å². The Labute approximate surface area is 125 Å². The maximum Gasteiger partial charge on any atom is 0.140 e. The van der Waals surface area contributed by atoms with Gasteiger partial charge in [0.05, 0.1) is 12.6 Å². The molecule has 0 saturated heterocycles. The molecule has 1 atom stereocenters. The number of imidazole rings is 1. The quantitative estimate of drug-likeness (QED) is 0.806. The summed E-state index contributed by atoms with van der Waals surface area (Å²) in [7, 11) is 0. The standard InChI is InChI=1S/C16H13F2N3O/c17-12-1-2-13(14(18)9-12)15(22)10-21-8-7-20-16(21)11-3-5-19-6-4-11/h1-9,15,22H,10H2. The molecule has 1 N–H and O–H groups in total. The topological polar surface area (TPSA) is 50.9 Å². The molecule has 0 amide bonds. The molecule has 0 spiro atoms. The second kappa shape index (κ2) is 6.03. The number of halogens is 2. The number of aliphatic hydroxyl groups is 1. The summed E-state index contributed by atoms with van der Waals surface area (Å²) in [6.07, 6.45) is 5.48. The molecule has 22 heavy (non-hydrogen) atoms. The minimum Gasteiger partial charge on any atom is -0.386 e. The summed E-state index contributed by atoms with van der Waals surface area (Å²) in [5.74, 6) is -0.796. The lowest BCUT2D eigenvalue weighted by Gasteiger charge is -2.15. The van der Waals surface area contributed by atoms with Crippen LogP contribution in [0.4, 0.5) is 8.78 Å². The molecule has 0 aliphatic rings. The van der Waals surface area contributed by atoms with E-state index in [1.165, 1.54) is 6.07 Å². The van der Waals surface area contributed by atoms with Gasteiger partial charge in [-0.2, -0.15) is 0 Å². The van der Waals surface area contributed by atoms with Crippen molar-refractivity contribution in [2.45, 2.75) is 12.6 Å². The van der Waals surface area contributed by atoms with Gasteiger partial charge in [-0.1, -0.05) is 6.07 Å². The van der Waals surface area contributed by atoms with Crippen LogP contribution in [0.15, 0.2) is 55.1 Å². The van der Waals surface area contributed by atoms with Gasteiger partial charge in [0, 0.05) is 42.0 Å². The van der Waals surface area contributed by atoms with Crippen LogP contribution in [0.25, 0.3) is 11.4 Å². The lowest BCUT2D eigenvalue weighted by atomic mass is 10.1. The molecule has 112 valence electrons. The average molecular weight is 301 g/mol. The summed E-state index contributed by atoms with van der Waals surface area (Å²) in [6, 6.07) is 6.72. The first kappa shape index (κ1) is 14.3. The van der Waals surface area contributed by atoms with Crippen LogP contribution in [0.5, 0.6) is 0 Å². The highest BCUT2D eigenvalue weighted by Crippen LogP contribution is 2.23. The molecule has 4 nitrogen and oxygen atoms in total. The van der Waals surface area contributed by atoms with Crippen molar-refractivity contribution < 1.29 is 13.9 Å². The molecule has 0 saturated carbocycles. The molecule has 0 aliphatic heterocycles. The van der Waals surface area contributed by atoms with Gasteiger partial charge >= 0.3 is 0 Å². The van der Waals surface area contributed by atoms with Crippen molar-refractivity contribution in [3.8, 4) is 11.4 Å². The van der Waals surface area contributed by atoms with Crippen LogP contribution in [-0.4, -0.2) is 19.6 Å². The van der Waals surface area contributed by atoms with Crippen LogP contribution in [0, 0.1) is 11.6 Å². The van der Waals surface area contributed by atoms with Crippen molar-refractivity contribution >= 4 is 0 Å². The highest BCUT2D eigenvalue weighted by Gasteiger charge is 2.16. The van der Waals surface area contributed by atoms with Crippen molar-refractivity contribution in [2.24, 2.45) is 0 Å². The second-order valence-corrected chi connectivity index (χ2v) is 4.82. The number of pyridine rings is 1. The van der Waals surface area contributed by atoms with Gasteiger partial charge in [-0.15, -0.1) is 0 Å². The molecule has 1 unspecified atom stereocenters. The summed E-state index contributed by atoms with van der Waals surface area (Å²) in [5, 5.41) is 10.2. The molecule has 0 bridgehead atoms. The summed E-state index contributed by atoms with van der Waals surface area (Å²) in [6.45, 7) is 0.111. The number of benzene rings is 1. The summed E-state index contributed by atoms with van der Waals surface area (Å²) in [4.78, 5) is 8.18. The van der Waals surface area contributed by atoms with E-state index in [-0.39, 0.29) is 12.1 Å². The average Bonchev–Trinajstić information content (AvgIpc) is 2.96. The van der Waals surface area contributed by atoms with Gasteiger partial charge < -0.3 is 9.67 Å². The SMILES string of the molecule is OC(Cn1ccnc1-c1ccncc1)c1ccc(F)cc1F. The van der Waals surface area contributed by atoms with E-state index >= 15 is 0 Å². The van der Waals surface area contributed by atoms with Gasteiger partial charge in [0.2, 0.25) is 0 Å². The minimum atomic E-state index is -1.10. The Balaban J connectivity index is 1.86. The second-order valence-electron chi connectivity index (χ2n) is 4.82. The lowest BCUT2D eigenvalue weighted by Crippen LogP contribution is -2.11. The fourth-order valence-corrected chi connectivity index (χ4v) is 2.27. The third-order valence-electron chi connectivity index (χ3n) is 3.35. The summed E-state index contributed by atoms with van der Waals surface area (Å²) < 4.78 is 28.4. The molecular weight excluding hydrogens is 288 g/mol. The van der Waals surface area contributed by atoms with E-state index in [0.29, 0.717) is 5.82 Å². The van der Waals surface area contributed by atoms with E-state index in [0.717, 1.165) is 17.7 Å². The van der Waals surface area contributed by atoms with Crippen molar-refractivity contribution in [1.82, 2.24) is 14.5 Å². The van der Waals surface area contributed by atoms with Crippen LogP contribution in [-0.2, 0) is 6.54 Å². The third-order valence-corrected chi connectivity index (χ3v) is 3.35. The zero-order chi connectivity index (χ0) is 15.5. The van der Waals surface area contributed by atoms with E-state index in [1.807, 2.05) is 0 Å². The van der Waals surface area contributed by atoms with Crippen molar-refractivity contribution in [3.63, 3.8) is 0 Å². The number of aromatic nitrogens is 3. The van der Waals surface area contributed by atoms with Gasteiger partial charge in [0.1, 0.15) is 17.5 Å². The Hall–Kier alpha value is -2.60. The van der Waals surface area contributed by atoms with E-state index in [2.05, 4.69) is 9.97 Å². The van der Waals surface area contributed by atoms with Crippen molar-refractivity contribution in [1.29, 1.82) is 0 Å². The number of aliphatic hydroxyl groups excluding tert-OH is 1. The monoisotopic (exact) mass is 301 g/mol. The Bertz CT molecular complexity index is 774. The van der Waals surface area contributed by atoms with E-state index in [9.17, 15) is 13.9 Å². The predicted octanol–water partition coefficient (Wildman–Crippen LogP) is 2.96. The Morgan fingerprint density at radius 2 is 1.86 bits per heavy atom. The summed E-state index contributed by atoms with van der Waals surface area (Å²) >= 11 is 0. The van der Waals surface area contributed by atoms with Gasteiger partial charge in [-0.3, -0.25) is 4.98 Å². The number of hydrogen-bond acceptors (Lipinski definition) is 3. The van der Waals surface area contributed by atoms with Crippen molar-refractivity contribution in [2.75, 3.05) is 0 Å². The summed E-state index contributed by atoms with van der Waals surface area (Å²) in [5.41, 5.74) is 0.891. The molecule has 0 radical (unpaired) electrons. The van der Waals surface area contributed by atoms with Crippen LogP contribution < -0.4 is 0 Å². The Morgan fingerprint density at radius 3 is 2.59 bits per heavy atom. The van der Waals surface area contributed by atoms with E-state index < -0.39 is 17.7 Å². The van der Waals surface area contributed by atoms with Crippen LogP contribution in [0.3, 0.4) is 0 Å². The molecule has 0 aliphatic carbocycles. The van der Waals surface area contributed by atoms with E-state index in [4.69, 9.17) is 0 Å². The fraction of sp³-hybridized carbons (Fsp3) is 0.125. The number of nitrogens with zero attached hydrogens (tertiary/aromatic N) is 3. The minimum absolute atomic E-state index is 0.0516. The molecular formula is C16H13F2N3O. The first-order chi connectivity index (χ1) is 10.6. The predicted molar refractivity (Wildman–Crippen MR) is 76.8 cm³/mol. The highest BCUT2D eigenvalue weighted by atomic mass is 19.1. The Kier molecular flexibility index (Phi) is 3.93. The highest BCUT2D eigenvalue weighted by molar-refractivity contribution is 5.54. The maximum atomic E-state index is 13.7. The lowest BCUT2D eigenvalue weighted by molar-refractivity contribution is 0.152. The smallest absolute Gasteiger partial charge is 0.140 e. The molecule has 2 heterocycles. The first-order valence-corrected chi connectivity index (χ1v) is 6.69. The zero-order valence-corrected chi connectivity index (χ0v) is 11.5. The Morgan fingerprint density at radius 1 is 1.09 bits per heavy atom.